The lowest BCUT2D eigenvalue weighted by molar-refractivity contribution is 0.104. The zero-order valence-corrected chi connectivity index (χ0v) is 6.39. The van der Waals surface area contributed by atoms with Gasteiger partial charge in [-0.3, -0.25) is 0 Å². The van der Waals surface area contributed by atoms with Crippen molar-refractivity contribution in [2.45, 2.75) is 39.2 Å². The highest BCUT2D eigenvalue weighted by Crippen LogP contribution is 2.24. The van der Waals surface area contributed by atoms with Crippen molar-refractivity contribution in [2.24, 2.45) is 5.92 Å². The summed E-state index contributed by atoms with van der Waals surface area (Å²) in [5, 5.41) is 0. The summed E-state index contributed by atoms with van der Waals surface area (Å²) in [6.45, 7) is 5.42. The van der Waals surface area contributed by atoms with E-state index in [-0.39, 0.29) is 0 Å². The van der Waals surface area contributed by atoms with E-state index in [0.29, 0.717) is 6.10 Å². The summed E-state index contributed by atoms with van der Waals surface area (Å²) in [5.74, 6) is 0.856. The molecule has 0 bridgehead atoms. The van der Waals surface area contributed by atoms with Crippen molar-refractivity contribution < 1.29 is 4.74 Å². The first-order chi connectivity index (χ1) is 4.34. The van der Waals surface area contributed by atoms with Crippen LogP contribution in [0.4, 0.5) is 0 Å². The molecule has 0 aromatic rings. The third kappa shape index (κ3) is 1.68. The van der Waals surface area contributed by atoms with Crippen molar-refractivity contribution in [1.29, 1.82) is 0 Å². The average molecular weight is 128 g/mol. The highest BCUT2D eigenvalue weighted by atomic mass is 16.5. The fourth-order valence-electron chi connectivity index (χ4n) is 1.53. The largest absolute Gasteiger partial charge is 0.378 e. The predicted octanol–water partition coefficient (Wildman–Crippen LogP) is 2.21. The van der Waals surface area contributed by atoms with Crippen LogP contribution in [0.15, 0.2) is 0 Å². The normalized spacial score (nSPS) is 35.3. The summed E-state index contributed by atoms with van der Waals surface area (Å²) < 4.78 is 5.42. The fourth-order valence-corrected chi connectivity index (χ4v) is 1.53. The molecule has 1 heterocycles. The first-order valence-corrected chi connectivity index (χ1v) is 3.96. The van der Waals surface area contributed by atoms with Crippen molar-refractivity contribution >= 4 is 0 Å². The first-order valence-electron chi connectivity index (χ1n) is 3.96. The molecule has 1 heteroatoms. The third-order valence-corrected chi connectivity index (χ3v) is 2.19. The number of hydrogen-bond donors (Lipinski definition) is 0. The molecule has 0 amide bonds. The monoisotopic (exact) mass is 128 g/mol. The highest BCUT2D eigenvalue weighted by molar-refractivity contribution is 4.71. The Balaban J connectivity index is 2.22. The van der Waals surface area contributed by atoms with E-state index in [0.717, 1.165) is 12.5 Å². The van der Waals surface area contributed by atoms with E-state index in [1.807, 2.05) is 0 Å². The van der Waals surface area contributed by atoms with Gasteiger partial charge in [0.2, 0.25) is 0 Å². The van der Waals surface area contributed by atoms with Crippen molar-refractivity contribution in [3.05, 3.63) is 0 Å². The smallest absolute Gasteiger partial charge is 0.0575 e. The van der Waals surface area contributed by atoms with E-state index in [2.05, 4.69) is 13.8 Å². The lowest BCUT2D eigenvalue weighted by atomic mass is 9.98. The van der Waals surface area contributed by atoms with Gasteiger partial charge < -0.3 is 4.74 Å². The minimum absolute atomic E-state index is 0.532. The van der Waals surface area contributed by atoms with Gasteiger partial charge in [0.25, 0.3) is 0 Å². The minimum atomic E-state index is 0.532. The number of rotatable bonds is 2. The maximum atomic E-state index is 5.42. The van der Waals surface area contributed by atoms with Crippen molar-refractivity contribution in [1.82, 2.24) is 0 Å². The van der Waals surface area contributed by atoms with E-state index in [1.165, 1.54) is 19.3 Å². The predicted molar refractivity (Wildman–Crippen MR) is 38.4 cm³/mol. The molecule has 1 rings (SSSR count). The van der Waals surface area contributed by atoms with Crippen LogP contribution in [-0.2, 0) is 4.74 Å². The van der Waals surface area contributed by atoms with Gasteiger partial charge in [-0.1, -0.05) is 13.3 Å². The molecule has 1 aliphatic rings. The standard InChI is InChI=1S/C8H16O/c1-3-4-8-5-6-9-7(8)2/h7-8H,3-6H2,1-2H3. The summed E-state index contributed by atoms with van der Waals surface area (Å²) in [5.41, 5.74) is 0. The molecule has 1 nitrogen and oxygen atoms in total. The van der Waals surface area contributed by atoms with Crippen LogP contribution in [0.1, 0.15) is 33.1 Å². The van der Waals surface area contributed by atoms with Gasteiger partial charge in [0.1, 0.15) is 0 Å². The SMILES string of the molecule is CCCC1CCOC1C. The Morgan fingerprint density at radius 1 is 1.56 bits per heavy atom. The Labute approximate surface area is 57.4 Å². The van der Waals surface area contributed by atoms with Gasteiger partial charge in [0.15, 0.2) is 0 Å². The number of ether oxygens (including phenoxy) is 1. The lowest BCUT2D eigenvalue weighted by Crippen LogP contribution is -2.10. The molecule has 1 aliphatic heterocycles. The van der Waals surface area contributed by atoms with Crippen LogP contribution in [0.5, 0.6) is 0 Å². The zero-order chi connectivity index (χ0) is 6.69. The minimum Gasteiger partial charge on any atom is -0.378 e. The van der Waals surface area contributed by atoms with Gasteiger partial charge in [-0.05, 0) is 25.7 Å². The summed E-state index contributed by atoms with van der Waals surface area (Å²) in [6, 6.07) is 0. The maximum absolute atomic E-state index is 5.42. The summed E-state index contributed by atoms with van der Waals surface area (Å²) in [4.78, 5) is 0. The van der Waals surface area contributed by atoms with Gasteiger partial charge in [-0.15, -0.1) is 0 Å². The van der Waals surface area contributed by atoms with Crippen LogP contribution < -0.4 is 0 Å². The molecular formula is C8H16O. The molecule has 1 saturated heterocycles. The lowest BCUT2D eigenvalue weighted by Gasteiger charge is -2.11. The summed E-state index contributed by atoms with van der Waals surface area (Å²) >= 11 is 0. The Morgan fingerprint density at radius 2 is 2.33 bits per heavy atom. The van der Waals surface area contributed by atoms with Crippen molar-refractivity contribution in [3.8, 4) is 0 Å². The molecule has 0 N–H and O–H groups in total. The second-order valence-corrected chi connectivity index (χ2v) is 2.91. The topological polar surface area (TPSA) is 9.23 Å². The van der Waals surface area contributed by atoms with E-state index in [4.69, 9.17) is 4.74 Å². The van der Waals surface area contributed by atoms with Gasteiger partial charge in [-0.2, -0.15) is 0 Å². The molecule has 0 spiro atoms. The molecule has 0 aromatic carbocycles. The highest BCUT2D eigenvalue weighted by Gasteiger charge is 2.22. The van der Waals surface area contributed by atoms with Crippen LogP contribution in [0.25, 0.3) is 0 Å². The van der Waals surface area contributed by atoms with Gasteiger partial charge in [0.05, 0.1) is 6.10 Å². The molecule has 1 fully saturated rings. The zero-order valence-electron chi connectivity index (χ0n) is 6.39. The molecule has 0 radical (unpaired) electrons. The van der Waals surface area contributed by atoms with E-state index in [9.17, 15) is 0 Å². The Bertz CT molecular complexity index is 80.6. The molecule has 9 heavy (non-hydrogen) atoms. The van der Waals surface area contributed by atoms with Gasteiger partial charge in [0, 0.05) is 6.61 Å². The van der Waals surface area contributed by atoms with Crippen LogP contribution >= 0.6 is 0 Å². The van der Waals surface area contributed by atoms with Crippen LogP contribution in [0, 0.1) is 5.92 Å². The molecule has 0 saturated carbocycles. The molecule has 0 aliphatic carbocycles. The Kier molecular flexibility index (Phi) is 2.52. The summed E-state index contributed by atoms with van der Waals surface area (Å²) in [6.07, 6.45) is 4.47. The first kappa shape index (κ1) is 7.07. The van der Waals surface area contributed by atoms with Crippen LogP contribution in [-0.4, -0.2) is 12.7 Å². The van der Waals surface area contributed by atoms with Gasteiger partial charge >= 0.3 is 0 Å². The van der Waals surface area contributed by atoms with E-state index < -0.39 is 0 Å². The molecule has 54 valence electrons. The quantitative estimate of drug-likeness (QED) is 0.554. The average Bonchev–Trinajstić information content (AvgIpc) is 2.18. The molecule has 2 atom stereocenters. The van der Waals surface area contributed by atoms with Gasteiger partial charge in [-0.25, -0.2) is 0 Å². The molecule has 2 unspecified atom stereocenters. The Hall–Kier alpha value is -0.0400. The molecule has 0 aromatic heterocycles. The van der Waals surface area contributed by atoms with E-state index >= 15 is 0 Å². The fraction of sp³-hybridized carbons (Fsp3) is 1.00. The Morgan fingerprint density at radius 3 is 2.78 bits per heavy atom. The van der Waals surface area contributed by atoms with Crippen molar-refractivity contribution in [3.63, 3.8) is 0 Å². The number of hydrogen-bond acceptors (Lipinski definition) is 1. The van der Waals surface area contributed by atoms with E-state index in [1.54, 1.807) is 0 Å². The third-order valence-electron chi connectivity index (χ3n) is 2.19. The second kappa shape index (κ2) is 3.21. The second-order valence-electron chi connectivity index (χ2n) is 2.91. The van der Waals surface area contributed by atoms with Crippen molar-refractivity contribution in [2.75, 3.05) is 6.61 Å². The van der Waals surface area contributed by atoms with Crippen LogP contribution in [0.3, 0.4) is 0 Å². The maximum Gasteiger partial charge on any atom is 0.0575 e. The summed E-state index contributed by atoms with van der Waals surface area (Å²) in [7, 11) is 0. The molecular weight excluding hydrogens is 112 g/mol. The van der Waals surface area contributed by atoms with Crippen LogP contribution in [0.2, 0.25) is 0 Å².